The Morgan fingerprint density at radius 3 is 2.80 bits per heavy atom. The van der Waals surface area contributed by atoms with Crippen LogP contribution < -0.4 is 10.1 Å². The molecule has 0 heterocycles. The van der Waals surface area contributed by atoms with Crippen LogP contribution in [0.5, 0.6) is 5.75 Å². The first-order chi connectivity index (χ1) is 9.28. The zero-order valence-corrected chi connectivity index (χ0v) is 13.7. The van der Waals surface area contributed by atoms with E-state index in [9.17, 15) is 9.90 Å². The number of benzene rings is 1. The maximum absolute atomic E-state index is 11.7. The van der Waals surface area contributed by atoms with Gasteiger partial charge in [0.2, 0.25) is 0 Å². The second-order valence-electron chi connectivity index (χ2n) is 5.62. The highest BCUT2D eigenvalue weighted by Gasteiger charge is 2.22. The van der Waals surface area contributed by atoms with Crippen molar-refractivity contribution in [1.82, 2.24) is 5.32 Å². The Hall–Kier alpha value is -1.07. The number of amides is 1. The van der Waals surface area contributed by atoms with E-state index in [1.807, 2.05) is 26.0 Å². The molecule has 0 aliphatic heterocycles. The highest BCUT2D eigenvalue weighted by molar-refractivity contribution is 9.10. The Balaban J connectivity index is 2.34. The smallest absolute Gasteiger partial charge is 0.258 e. The monoisotopic (exact) mass is 343 g/mol. The molecular weight excluding hydrogens is 322 g/mol. The molecule has 0 aromatic heterocycles. The topological polar surface area (TPSA) is 58.6 Å². The summed E-state index contributed by atoms with van der Waals surface area (Å²) in [7, 11) is 0. The zero-order valence-electron chi connectivity index (χ0n) is 12.1. The van der Waals surface area contributed by atoms with Crippen LogP contribution in [-0.2, 0) is 4.79 Å². The highest BCUT2D eigenvalue weighted by Crippen LogP contribution is 2.17. The first-order valence-electron chi connectivity index (χ1n) is 6.66. The molecule has 0 aliphatic rings. The van der Waals surface area contributed by atoms with E-state index in [1.54, 1.807) is 19.1 Å². The summed E-state index contributed by atoms with van der Waals surface area (Å²) in [4.78, 5) is 11.7. The number of halogens is 1. The molecule has 1 aromatic carbocycles. The van der Waals surface area contributed by atoms with Gasteiger partial charge in [0.25, 0.3) is 5.91 Å². The second kappa shape index (κ2) is 7.64. The van der Waals surface area contributed by atoms with Gasteiger partial charge in [-0.15, -0.1) is 0 Å². The van der Waals surface area contributed by atoms with Gasteiger partial charge in [-0.3, -0.25) is 4.79 Å². The summed E-state index contributed by atoms with van der Waals surface area (Å²) in [5.74, 6) is 0.761. The average molecular weight is 344 g/mol. The van der Waals surface area contributed by atoms with Gasteiger partial charge in [0.1, 0.15) is 5.75 Å². The molecule has 0 bridgehead atoms. The molecular formula is C15H22BrNO3. The van der Waals surface area contributed by atoms with Crippen molar-refractivity contribution in [3.05, 3.63) is 28.7 Å². The third kappa shape index (κ3) is 6.91. The predicted octanol–water partition coefficient (Wildman–Crippen LogP) is 2.74. The Morgan fingerprint density at radius 1 is 1.50 bits per heavy atom. The molecule has 0 saturated heterocycles. The van der Waals surface area contributed by atoms with Crippen LogP contribution in [0.1, 0.15) is 27.2 Å². The van der Waals surface area contributed by atoms with Crippen LogP contribution in [-0.4, -0.2) is 29.8 Å². The summed E-state index contributed by atoms with van der Waals surface area (Å²) < 4.78 is 6.27. The summed E-state index contributed by atoms with van der Waals surface area (Å²) in [5.41, 5.74) is -0.889. The fraction of sp³-hybridized carbons (Fsp3) is 0.533. The minimum absolute atomic E-state index is 0.0613. The SMILES string of the molecule is CC(C)CC(C)(O)CNC(=O)COc1cccc(Br)c1. The van der Waals surface area contributed by atoms with E-state index in [0.29, 0.717) is 18.1 Å². The molecule has 2 N–H and O–H groups in total. The van der Waals surface area contributed by atoms with Crippen LogP contribution in [0.2, 0.25) is 0 Å². The van der Waals surface area contributed by atoms with Crippen LogP contribution in [0.3, 0.4) is 0 Å². The predicted molar refractivity (Wildman–Crippen MR) is 82.7 cm³/mol. The molecule has 1 unspecified atom stereocenters. The Morgan fingerprint density at radius 2 is 2.20 bits per heavy atom. The number of carbonyl (C=O) groups excluding carboxylic acids is 1. The van der Waals surface area contributed by atoms with Crippen molar-refractivity contribution in [3.8, 4) is 5.75 Å². The number of carbonyl (C=O) groups is 1. The van der Waals surface area contributed by atoms with Gasteiger partial charge < -0.3 is 15.2 Å². The molecule has 0 aliphatic carbocycles. The first kappa shape index (κ1) is 17.0. The summed E-state index contributed by atoms with van der Waals surface area (Å²) >= 11 is 3.34. The van der Waals surface area contributed by atoms with E-state index < -0.39 is 5.60 Å². The summed E-state index contributed by atoms with van der Waals surface area (Å²) in [6.45, 7) is 5.96. The van der Waals surface area contributed by atoms with Gasteiger partial charge >= 0.3 is 0 Å². The minimum Gasteiger partial charge on any atom is -0.484 e. The Labute approximate surface area is 128 Å². The van der Waals surface area contributed by atoms with E-state index >= 15 is 0 Å². The quantitative estimate of drug-likeness (QED) is 0.800. The molecule has 0 radical (unpaired) electrons. The van der Waals surface area contributed by atoms with E-state index in [2.05, 4.69) is 21.2 Å². The molecule has 5 heteroatoms. The van der Waals surface area contributed by atoms with Crippen molar-refractivity contribution in [2.75, 3.05) is 13.2 Å². The lowest BCUT2D eigenvalue weighted by molar-refractivity contribution is -0.124. The van der Waals surface area contributed by atoms with Crippen molar-refractivity contribution in [1.29, 1.82) is 0 Å². The van der Waals surface area contributed by atoms with Crippen LogP contribution in [0.25, 0.3) is 0 Å². The van der Waals surface area contributed by atoms with Crippen molar-refractivity contribution in [3.63, 3.8) is 0 Å². The molecule has 20 heavy (non-hydrogen) atoms. The van der Waals surface area contributed by atoms with Gasteiger partial charge in [0.05, 0.1) is 5.60 Å². The number of aliphatic hydroxyl groups is 1. The minimum atomic E-state index is -0.889. The van der Waals surface area contributed by atoms with Gasteiger partial charge in [-0.25, -0.2) is 0 Å². The first-order valence-corrected chi connectivity index (χ1v) is 7.45. The van der Waals surface area contributed by atoms with Crippen molar-refractivity contribution in [2.24, 2.45) is 5.92 Å². The lowest BCUT2D eigenvalue weighted by atomic mass is 9.94. The van der Waals surface area contributed by atoms with Gasteiger partial charge in [0.15, 0.2) is 6.61 Å². The second-order valence-corrected chi connectivity index (χ2v) is 6.53. The number of hydrogen-bond donors (Lipinski definition) is 2. The molecule has 1 rings (SSSR count). The molecule has 4 nitrogen and oxygen atoms in total. The van der Waals surface area contributed by atoms with Gasteiger partial charge in [-0.1, -0.05) is 35.8 Å². The Kier molecular flexibility index (Phi) is 6.49. The fourth-order valence-corrected chi connectivity index (χ4v) is 2.38. The highest BCUT2D eigenvalue weighted by atomic mass is 79.9. The van der Waals surface area contributed by atoms with Crippen LogP contribution in [0.4, 0.5) is 0 Å². The fourth-order valence-electron chi connectivity index (χ4n) is 2.00. The molecule has 0 spiro atoms. The molecule has 1 atom stereocenters. The molecule has 1 amide bonds. The lowest BCUT2D eigenvalue weighted by Gasteiger charge is -2.25. The zero-order chi connectivity index (χ0) is 15.2. The molecule has 0 fully saturated rings. The normalized spacial score (nSPS) is 13.9. The number of nitrogens with one attached hydrogen (secondary N) is 1. The average Bonchev–Trinajstić information content (AvgIpc) is 2.32. The maximum atomic E-state index is 11.7. The number of rotatable bonds is 7. The number of ether oxygens (including phenoxy) is 1. The van der Waals surface area contributed by atoms with Crippen LogP contribution in [0, 0.1) is 5.92 Å². The lowest BCUT2D eigenvalue weighted by Crippen LogP contribution is -2.43. The van der Waals surface area contributed by atoms with E-state index in [0.717, 1.165) is 4.47 Å². The standard InChI is InChI=1S/C15H22BrNO3/c1-11(2)8-15(3,19)10-17-14(18)9-20-13-6-4-5-12(16)7-13/h4-7,11,19H,8-10H2,1-3H3,(H,17,18). The van der Waals surface area contributed by atoms with Crippen molar-refractivity contribution in [2.45, 2.75) is 32.8 Å². The maximum Gasteiger partial charge on any atom is 0.258 e. The summed E-state index contributed by atoms with van der Waals surface area (Å²) in [6.07, 6.45) is 0.639. The van der Waals surface area contributed by atoms with Crippen molar-refractivity contribution < 1.29 is 14.6 Å². The van der Waals surface area contributed by atoms with Crippen molar-refractivity contribution >= 4 is 21.8 Å². The largest absolute Gasteiger partial charge is 0.484 e. The Bertz CT molecular complexity index is 446. The molecule has 112 valence electrons. The molecule has 0 saturated carbocycles. The molecule has 1 aromatic rings. The third-order valence-electron chi connectivity index (χ3n) is 2.68. The van der Waals surface area contributed by atoms with Crippen LogP contribution in [0.15, 0.2) is 28.7 Å². The van der Waals surface area contributed by atoms with Gasteiger partial charge in [-0.2, -0.15) is 0 Å². The van der Waals surface area contributed by atoms with E-state index in [4.69, 9.17) is 4.74 Å². The third-order valence-corrected chi connectivity index (χ3v) is 3.17. The van der Waals surface area contributed by atoms with Gasteiger partial charge in [0, 0.05) is 11.0 Å². The van der Waals surface area contributed by atoms with Crippen LogP contribution >= 0.6 is 15.9 Å². The summed E-state index contributed by atoms with van der Waals surface area (Å²) in [6, 6.07) is 7.30. The number of hydrogen-bond acceptors (Lipinski definition) is 3. The van der Waals surface area contributed by atoms with Gasteiger partial charge in [-0.05, 0) is 37.5 Å². The van der Waals surface area contributed by atoms with E-state index in [-0.39, 0.29) is 19.1 Å². The van der Waals surface area contributed by atoms with E-state index in [1.165, 1.54) is 0 Å². The summed E-state index contributed by atoms with van der Waals surface area (Å²) in [5, 5.41) is 12.8.